The summed E-state index contributed by atoms with van der Waals surface area (Å²) in [6.45, 7) is 6.00. The maximum absolute atomic E-state index is 13.9. The van der Waals surface area contributed by atoms with Gasteiger partial charge in [0.25, 0.3) is 11.8 Å². The highest BCUT2D eigenvalue weighted by Gasteiger charge is 2.41. The van der Waals surface area contributed by atoms with Gasteiger partial charge in [-0.05, 0) is 34.1 Å². The molecule has 4 rings (SSSR count). The van der Waals surface area contributed by atoms with Gasteiger partial charge in [-0.2, -0.15) is 0 Å². The molecule has 0 saturated carbocycles. The summed E-state index contributed by atoms with van der Waals surface area (Å²) in [5.41, 5.74) is 4.01. The smallest absolute Gasteiger partial charge is 0.407 e. The molecule has 0 fully saturated rings. The predicted molar refractivity (Wildman–Crippen MR) is 175 cm³/mol. The normalized spacial score (nSPS) is 17.8. The van der Waals surface area contributed by atoms with Gasteiger partial charge in [0, 0.05) is 32.4 Å². The number of alkyl carbamates (subject to hydrolysis) is 1. The van der Waals surface area contributed by atoms with Crippen molar-refractivity contribution in [3.05, 3.63) is 107 Å². The number of hydrogen-bond donors (Lipinski definition) is 5. The van der Waals surface area contributed by atoms with E-state index in [-0.39, 0.29) is 19.4 Å². The summed E-state index contributed by atoms with van der Waals surface area (Å²) in [6, 6.07) is 25.0. The molecule has 10 nitrogen and oxygen atoms in total. The van der Waals surface area contributed by atoms with E-state index in [0.717, 1.165) is 22.3 Å². The molecular formula is C36H46N4O6. The number of ether oxygens (including phenoxy) is 1. The Morgan fingerprint density at radius 1 is 0.913 bits per heavy atom. The molecule has 246 valence electrons. The molecule has 4 atom stereocenters. The van der Waals surface area contributed by atoms with Gasteiger partial charge in [-0.15, -0.1) is 0 Å². The maximum Gasteiger partial charge on any atom is 0.407 e. The molecule has 1 aliphatic carbocycles. The number of nitrogens with one attached hydrogen (secondary N) is 3. The van der Waals surface area contributed by atoms with Crippen molar-refractivity contribution >= 4 is 17.9 Å². The second-order valence-corrected chi connectivity index (χ2v) is 13.0. The van der Waals surface area contributed by atoms with Gasteiger partial charge < -0.3 is 25.6 Å². The van der Waals surface area contributed by atoms with Crippen LogP contribution in [-0.4, -0.2) is 71.1 Å². The van der Waals surface area contributed by atoms with Crippen LogP contribution in [0.2, 0.25) is 0 Å². The summed E-state index contributed by atoms with van der Waals surface area (Å²) < 4.78 is 4.76. The van der Waals surface area contributed by atoms with Crippen molar-refractivity contribution in [2.24, 2.45) is 5.41 Å². The molecule has 5 N–H and O–H groups in total. The third-order valence-corrected chi connectivity index (χ3v) is 8.41. The molecule has 0 unspecified atom stereocenters. The molecule has 0 bridgehead atoms. The van der Waals surface area contributed by atoms with Crippen LogP contribution in [0.25, 0.3) is 0 Å². The van der Waals surface area contributed by atoms with Crippen molar-refractivity contribution in [1.29, 1.82) is 0 Å². The SMILES string of the molecule is COC(=O)N[C@H](C(=O)NN(CCc1ccccc1)CC[C@@](O)(Cc1ccccc1)C(=O)N[C@H]1c2ccccc2C[C@H]1O)C(C)(C)C. The van der Waals surface area contributed by atoms with Gasteiger partial charge in [0.15, 0.2) is 0 Å². The Hall–Kier alpha value is -4.25. The Morgan fingerprint density at radius 2 is 1.52 bits per heavy atom. The van der Waals surface area contributed by atoms with Crippen molar-refractivity contribution in [2.45, 2.75) is 70.2 Å². The molecular weight excluding hydrogens is 584 g/mol. The number of hydrogen-bond acceptors (Lipinski definition) is 7. The highest BCUT2D eigenvalue weighted by atomic mass is 16.5. The highest BCUT2D eigenvalue weighted by Crippen LogP contribution is 2.32. The Labute approximate surface area is 271 Å². The van der Waals surface area contributed by atoms with Crippen LogP contribution < -0.4 is 16.1 Å². The highest BCUT2D eigenvalue weighted by molar-refractivity contribution is 5.87. The zero-order valence-electron chi connectivity index (χ0n) is 27.0. The van der Waals surface area contributed by atoms with Gasteiger partial charge in [-0.3, -0.25) is 15.0 Å². The lowest BCUT2D eigenvalue weighted by molar-refractivity contribution is -0.143. The molecule has 46 heavy (non-hydrogen) atoms. The van der Waals surface area contributed by atoms with Crippen LogP contribution >= 0.6 is 0 Å². The van der Waals surface area contributed by atoms with Crippen molar-refractivity contribution in [3.63, 3.8) is 0 Å². The molecule has 0 aromatic heterocycles. The number of nitrogens with zero attached hydrogens (tertiary/aromatic N) is 1. The number of rotatable bonds is 13. The molecule has 0 aliphatic heterocycles. The lowest BCUT2D eigenvalue weighted by Crippen LogP contribution is -2.58. The lowest BCUT2D eigenvalue weighted by atomic mass is 9.86. The first-order chi connectivity index (χ1) is 21.9. The third kappa shape index (κ3) is 9.15. The van der Waals surface area contributed by atoms with Crippen LogP contribution in [0.5, 0.6) is 0 Å². The van der Waals surface area contributed by atoms with Crippen LogP contribution in [0.3, 0.4) is 0 Å². The van der Waals surface area contributed by atoms with Crippen molar-refractivity contribution < 1.29 is 29.3 Å². The van der Waals surface area contributed by atoms with Crippen LogP contribution in [0.15, 0.2) is 84.9 Å². The molecule has 10 heteroatoms. The van der Waals surface area contributed by atoms with E-state index < -0.39 is 47.1 Å². The van der Waals surface area contributed by atoms with Crippen molar-refractivity contribution in [3.8, 4) is 0 Å². The van der Waals surface area contributed by atoms with Crippen molar-refractivity contribution in [1.82, 2.24) is 21.1 Å². The average Bonchev–Trinajstić information content (AvgIpc) is 3.35. The minimum Gasteiger partial charge on any atom is -0.453 e. The van der Waals surface area contributed by atoms with E-state index in [0.29, 0.717) is 19.4 Å². The quantitative estimate of drug-likeness (QED) is 0.182. The molecule has 1 aliphatic rings. The van der Waals surface area contributed by atoms with E-state index >= 15 is 0 Å². The van der Waals surface area contributed by atoms with E-state index in [1.165, 1.54) is 7.11 Å². The minimum atomic E-state index is -1.87. The van der Waals surface area contributed by atoms with Gasteiger partial charge in [-0.25, -0.2) is 9.80 Å². The first-order valence-electron chi connectivity index (χ1n) is 15.7. The van der Waals surface area contributed by atoms with Gasteiger partial charge in [0.2, 0.25) is 0 Å². The molecule has 0 saturated heterocycles. The van der Waals surface area contributed by atoms with Gasteiger partial charge in [-0.1, -0.05) is 106 Å². The van der Waals surface area contributed by atoms with Crippen LogP contribution in [0.1, 0.15) is 55.5 Å². The summed E-state index contributed by atoms with van der Waals surface area (Å²) in [5, 5.41) is 30.1. The summed E-state index contributed by atoms with van der Waals surface area (Å²) >= 11 is 0. The first kappa shape index (κ1) is 34.6. The fourth-order valence-corrected chi connectivity index (χ4v) is 5.76. The third-order valence-electron chi connectivity index (χ3n) is 8.41. The Morgan fingerprint density at radius 3 is 2.15 bits per heavy atom. The number of aliphatic hydroxyl groups excluding tert-OH is 1. The van der Waals surface area contributed by atoms with E-state index in [1.807, 2.05) is 106 Å². The number of methoxy groups -OCH3 is 1. The summed E-state index contributed by atoms with van der Waals surface area (Å²) in [6.07, 6.45) is -0.556. The van der Waals surface area contributed by atoms with E-state index in [9.17, 15) is 24.6 Å². The molecule has 0 radical (unpaired) electrons. The van der Waals surface area contributed by atoms with Crippen LogP contribution in [0, 0.1) is 5.41 Å². The predicted octanol–water partition coefficient (Wildman–Crippen LogP) is 3.47. The first-order valence-corrected chi connectivity index (χ1v) is 15.7. The Bertz CT molecular complexity index is 1460. The molecule has 3 aromatic carbocycles. The van der Waals surface area contributed by atoms with E-state index in [2.05, 4.69) is 16.1 Å². The number of fused-ring (bicyclic) bond motifs is 1. The zero-order chi connectivity index (χ0) is 33.3. The second-order valence-electron chi connectivity index (χ2n) is 13.0. The number of carbonyl (C=O) groups is 3. The Kier molecular flexibility index (Phi) is 11.6. The zero-order valence-corrected chi connectivity index (χ0v) is 27.0. The van der Waals surface area contributed by atoms with Crippen LogP contribution in [0.4, 0.5) is 4.79 Å². The second kappa shape index (κ2) is 15.4. The minimum absolute atomic E-state index is 0.0269. The molecule has 0 spiro atoms. The molecule has 0 heterocycles. The van der Waals surface area contributed by atoms with E-state index in [4.69, 9.17) is 4.74 Å². The Balaban J connectivity index is 1.57. The number of amides is 3. The number of benzene rings is 3. The van der Waals surface area contributed by atoms with Gasteiger partial charge >= 0.3 is 6.09 Å². The summed E-state index contributed by atoms with van der Waals surface area (Å²) in [4.78, 5) is 39.6. The van der Waals surface area contributed by atoms with Crippen molar-refractivity contribution in [2.75, 3.05) is 20.2 Å². The maximum atomic E-state index is 13.9. The van der Waals surface area contributed by atoms with Gasteiger partial charge in [0.05, 0.1) is 19.3 Å². The summed E-state index contributed by atoms with van der Waals surface area (Å²) in [7, 11) is 1.24. The summed E-state index contributed by atoms with van der Waals surface area (Å²) in [5.74, 6) is -1.06. The monoisotopic (exact) mass is 630 g/mol. The fraction of sp³-hybridized carbons (Fsp3) is 0.417. The largest absolute Gasteiger partial charge is 0.453 e. The number of carbonyl (C=O) groups excluding carboxylic acids is 3. The van der Waals surface area contributed by atoms with Gasteiger partial charge in [0.1, 0.15) is 11.6 Å². The van der Waals surface area contributed by atoms with E-state index in [1.54, 1.807) is 5.01 Å². The fourth-order valence-electron chi connectivity index (χ4n) is 5.76. The van der Waals surface area contributed by atoms with Crippen LogP contribution in [-0.2, 0) is 33.6 Å². The topological polar surface area (TPSA) is 140 Å². The number of aliphatic hydroxyl groups is 2. The average molecular weight is 631 g/mol. The number of hydrazine groups is 1. The molecule has 3 aromatic rings. The lowest BCUT2D eigenvalue weighted by Gasteiger charge is -2.35. The standard InChI is InChI=1S/C36H46N4O6/c1-35(2,3)31(38-34(44)46-4)32(42)39-40(21-19-25-13-7-5-8-14-25)22-20-36(45,24-26-15-9-6-10-16-26)33(43)37-30-28-18-12-11-17-27(28)23-29(30)41/h5-18,29-31,41,45H,19-24H2,1-4H3,(H,37,43)(H,38,44)(H,39,42)/t29-,30+,31-,36-/m1/s1. The molecule has 3 amide bonds.